The molecule has 2 heterocycles. The third-order valence-corrected chi connectivity index (χ3v) is 8.25. The number of esters is 1. The highest BCUT2D eigenvalue weighted by atomic mass is 32.2. The lowest BCUT2D eigenvalue weighted by Crippen LogP contribution is -2.29. The monoisotopic (exact) mass is 642 g/mol. The van der Waals surface area contributed by atoms with E-state index in [4.69, 9.17) is 4.74 Å². The predicted molar refractivity (Wildman–Crippen MR) is 168 cm³/mol. The molecule has 0 radical (unpaired) electrons. The Kier molecular flexibility index (Phi) is 9.08. The molecule has 1 aromatic heterocycles. The van der Waals surface area contributed by atoms with Gasteiger partial charge in [0.05, 0.1) is 27.1 Å². The molecule has 1 unspecified atom stereocenters. The summed E-state index contributed by atoms with van der Waals surface area (Å²) in [6.45, 7) is 0. The van der Waals surface area contributed by atoms with Gasteiger partial charge in [0.1, 0.15) is 17.3 Å². The number of carbonyl (C=O) groups is 2. The Hall–Kier alpha value is -5.31. The van der Waals surface area contributed by atoms with Gasteiger partial charge in [-0.15, -0.1) is 11.8 Å². The van der Waals surface area contributed by atoms with E-state index in [9.17, 15) is 34.9 Å². The fourth-order valence-electron chi connectivity index (χ4n) is 4.64. The van der Waals surface area contributed by atoms with Gasteiger partial charge in [-0.1, -0.05) is 30.3 Å². The van der Waals surface area contributed by atoms with Crippen LogP contribution < -0.4 is 0 Å². The Morgan fingerprint density at radius 1 is 0.889 bits per heavy atom. The summed E-state index contributed by atoms with van der Waals surface area (Å²) < 4.78 is 14.1. The number of ether oxygens (including phenoxy) is 1. The van der Waals surface area contributed by atoms with Crippen LogP contribution in [0.4, 0.5) is 11.4 Å². The maximum atomic E-state index is 13.1. The first-order valence-electron chi connectivity index (χ1n) is 13.1. The number of cyclic esters (lactones) is 1. The van der Waals surface area contributed by atoms with Crippen molar-refractivity contribution in [2.24, 2.45) is 0 Å². The Labute approximate surface area is 263 Å². The van der Waals surface area contributed by atoms with Crippen molar-refractivity contribution in [1.82, 2.24) is 8.75 Å². The van der Waals surface area contributed by atoms with E-state index >= 15 is 0 Å². The van der Waals surface area contributed by atoms with Crippen LogP contribution in [0.15, 0.2) is 101 Å². The first kappa shape index (κ1) is 31.1. The molecule has 0 fully saturated rings. The van der Waals surface area contributed by atoms with Crippen LogP contribution in [-0.4, -0.2) is 42.2 Å². The second-order valence-corrected chi connectivity index (χ2v) is 11.1. The van der Waals surface area contributed by atoms with Crippen LogP contribution in [0.1, 0.15) is 27.0 Å². The highest BCUT2D eigenvalue weighted by molar-refractivity contribution is 7.98. The number of nitro benzene ring substituents is 2. The van der Waals surface area contributed by atoms with Crippen molar-refractivity contribution in [3.8, 4) is 0 Å². The molecular formula is C31H22N4O8S2. The van der Waals surface area contributed by atoms with Crippen LogP contribution in [-0.2, 0) is 21.7 Å². The molecule has 4 aromatic carbocycles. The quantitative estimate of drug-likeness (QED) is 0.0678. The largest absolute Gasteiger partial charge is 0.421 e. The minimum Gasteiger partial charge on any atom is -0.421 e. The van der Waals surface area contributed by atoms with E-state index in [1.165, 1.54) is 36.4 Å². The molecule has 1 aliphatic rings. The number of aldehydes is 1. The van der Waals surface area contributed by atoms with E-state index in [-0.39, 0.29) is 23.4 Å². The maximum absolute atomic E-state index is 13.1. The minimum atomic E-state index is -1.99. The van der Waals surface area contributed by atoms with Gasteiger partial charge in [0.2, 0.25) is 0 Å². The molecule has 1 N–H and O–H groups in total. The number of hydrogen-bond acceptors (Lipinski definition) is 12. The van der Waals surface area contributed by atoms with Gasteiger partial charge in [0.25, 0.3) is 17.2 Å². The van der Waals surface area contributed by atoms with E-state index in [0.717, 1.165) is 16.6 Å². The predicted octanol–water partition coefficient (Wildman–Crippen LogP) is 6.13. The Morgan fingerprint density at radius 2 is 1.49 bits per heavy atom. The summed E-state index contributed by atoms with van der Waals surface area (Å²) in [5.41, 5.74) is 3.99. The van der Waals surface area contributed by atoms with E-state index in [1.54, 1.807) is 54.2 Å². The fraction of sp³-hybridized carbons (Fsp3) is 0.0968. The van der Waals surface area contributed by atoms with Crippen molar-refractivity contribution in [2.45, 2.75) is 17.1 Å². The van der Waals surface area contributed by atoms with E-state index in [2.05, 4.69) is 8.75 Å². The number of aliphatic hydroxyl groups is 1. The van der Waals surface area contributed by atoms with Gasteiger partial charge in [-0.3, -0.25) is 25.0 Å². The summed E-state index contributed by atoms with van der Waals surface area (Å²) in [6, 6.07) is 23.8. The second-order valence-electron chi connectivity index (χ2n) is 9.65. The number of nitro groups is 2. The molecule has 0 saturated carbocycles. The molecule has 14 heteroatoms. The molecule has 0 bridgehead atoms. The average molecular weight is 643 g/mol. The summed E-state index contributed by atoms with van der Waals surface area (Å²) >= 11 is 2.63. The van der Waals surface area contributed by atoms with Gasteiger partial charge in [-0.25, -0.2) is 4.79 Å². The summed E-state index contributed by atoms with van der Waals surface area (Å²) in [5.74, 6) is -2.64. The number of carbonyl (C=O) groups excluding carboxylic acids is 2. The SMILES string of the molecule is CSc1ccc(C2(O)OC(=O)C(c3ccc4nsnc4c3)=C2Cc2ccc([N+](=O)[O-])cc2)cc1.O=Cc1ccc([N+](=O)[O-])cc1. The lowest BCUT2D eigenvalue weighted by molar-refractivity contribution is -0.385. The molecule has 12 nitrogen and oxygen atoms in total. The number of nitrogens with zero attached hydrogens (tertiary/aromatic N) is 4. The van der Waals surface area contributed by atoms with Gasteiger partial charge in [0.15, 0.2) is 0 Å². The zero-order valence-corrected chi connectivity index (χ0v) is 25.0. The first-order chi connectivity index (χ1) is 21.6. The number of benzene rings is 4. The zero-order chi connectivity index (χ0) is 32.1. The van der Waals surface area contributed by atoms with Gasteiger partial charge in [-0.2, -0.15) is 8.75 Å². The van der Waals surface area contributed by atoms with Crippen molar-refractivity contribution in [3.05, 3.63) is 139 Å². The molecule has 0 spiro atoms. The summed E-state index contributed by atoms with van der Waals surface area (Å²) in [6.07, 6.45) is 2.73. The van der Waals surface area contributed by atoms with Crippen LogP contribution in [0.5, 0.6) is 0 Å². The van der Waals surface area contributed by atoms with Crippen molar-refractivity contribution in [3.63, 3.8) is 0 Å². The van der Waals surface area contributed by atoms with Crippen LogP contribution >= 0.6 is 23.5 Å². The summed E-state index contributed by atoms with van der Waals surface area (Å²) in [5, 5.41) is 32.9. The fourth-order valence-corrected chi connectivity index (χ4v) is 5.57. The second kappa shape index (κ2) is 13.1. The normalized spacial score (nSPS) is 15.7. The van der Waals surface area contributed by atoms with Gasteiger partial charge in [0, 0.05) is 52.3 Å². The van der Waals surface area contributed by atoms with E-state index in [0.29, 0.717) is 45.1 Å². The van der Waals surface area contributed by atoms with Crippen LogP contribution in [0.2, 0.25) is 0 Å². The molecular weight excluding hydrogens is 620 g/mol. The average Bonchev–Trinajstić information content (AvgIpc) is 3.62. The number of hydrogen-bond donors (Lipinski definition) is 1. The Balaban J connectivity index is 0.000000309. The lowest BCUT2D eigenvalue weighted by Gasteiger charge is -2.26. The third kappa shape index (κ3) is 6.62. The van der Waals surface area contributed by atoms with Crippen molar-refractivity contribution >= 4 is 63.7 Å². The third-order valence-electron chi connectivity index (χ3n) is 6.95. The molecule has 0 amide bonds. The smallest absolute Gasteiger partial charge is 0.342 e. The number of rotatable bonds is 8. The maximum Gasteiger partial charge on any atom is 0.342 e. The Morgan fingerprint density at radius 3 is 2.07 bits per heavy atom. The topological polar surface area (TPSA) is 176 Å². The van der Waals surface area contributed by atoms with Gasteiger partial charge < -0.3 is 9.84 Å². The molecule has 226 valence electrons. The number of aromatic nitrogens is 2. The van der Waals surface area contributed by atoms with Crippen molar-refractivity contribution in [1.29, 1.82) is 0 Å². The van der Waals surface area contributed by atoms with Gasteiger partial charge >= 0.3 is 5.97 Å². The lowest BCUT2D eigenvalue weighted by atomic mass is 9.88. The van der Waals surface area contributed by atoms with Crippen molar-refractivity contribution < 1.29 is 29.3 Å². The molecule has 1 atom stereocenters. The van der Waals surface area contributed by atoms with Crippen molar-refractivity contribution in [2.75, 3.05) is 6.26 Å². The summed E-state index contributed by atoms with van der Waals surface area (Å²) in [4.78, 5) is 44.4. The minimum absolute atomic E-state index is 0.00407. The zero-order valence-electron chi connectivity index (χ0n) is 23.4. The number of non-ortho nitro benzene ring substituents is 2. The highest BCUT2D eigenvalue weighted by Gasteiger charge is 2.48. The standard InChI is InChI=1S/C24H17N3O5S2.C7H5NO3/c1-33-18-9-5-16(6-10-18)24(29)19(12-14-2-7-17(8-3-14)27(30)31)22(23(28)32-24)15-4-11-20-21(13-15)26-34-25-20;9-5-6-1-3-7(4-2-6)8(10)11/h2-11,13,29H,12H2,1H3;1-5H. The first-order valence-corrected chi connectivity index (χ1v) is 15.1. The van der Waals surface area contributed by atoms with E-state index in [1.807, 2.05) is 18.4 Å². The molecule has 0 aliphatic carbocycles. The van der Waals surface area contributed by atoms with Gasteiger partial charge in [-0.05, 0) is 53.8 Å². The molecule has 0 saturated heterocycles. The molecule has 1 aliphatic heterocycles. The van der Waals surface area contributed by atoms with Crippen LogP contribution in [0, 0.1) is 20.2 Å². The highest BCUT2D eigenvalue weighted by Crippen LogP contribution is 2.45. The molecule has 45 heavy (non-hydrogen) atoms. The molecule has 5 aromatic rings. The van der Waals surface area contributed by atoms with Crippen LogP contribution in [0.3, 0.4) is 0 Å². The van der Waals surface area contributed by atoms with E-state index < -0.39 is 21.6 Å². The Bertz CT molecular complexity index is 1940. The molecule has 6 rings (SSSR count). The number of thioether (sulfide) groups is 1. The van der Waals surface area contributed by atoms with Crippen LogP contribution in [0.25, 0.3) is 16.6 Å². The summed E-state index contributed by atoms with van der Waals surface area (Å²) in [7, 11) is 0. The number of fused-ring (bicyclic) bond motifs is 1.